The van der Waals surface area contributed by atoms with Crippen molar-refractivity contribution in [3.63, 3.8) is 0 Å². The lowest BCUT2D eigenvalue weighted by Crippen LogP contribution is -2.06. The number of alkyl halides is 3. The summed E-state index contributed by atoms with van der Waals surface area (Å²) in [6.07, 6.45) is 0.474. The molecule has 1 unspecified atom stereocenters. The molecule has 2 aromatic rings. The van der Waals surface area contributed by atoms with Crippen LogP contribution in [0, 0.1) is 5.82 Å². The van der Waals surface area contributed by atoms with Crippen molar-refractivity contribution < 1.29 is 17.9 Å². The molecule has 0 N–H and O–H groups in total. The Kier molecular flexibility index (Phi) is 5.06. The summed E-state index contributed by atoms with van der Waals surface area (Å²) >= 11 is 3.44. The van der Waals surface area contributed by atoms with Crippen LogP contribution in [0.15, 0.2) is 48.5 Å². The van der Waals surface area contributed by atoms with Gasteiger partial charge >= 0.3 is 6.61 Å². The maximum absolute atomic E-state index is 13.1. The molecule has 0 aliphatic rings. The van der Waals surface area contributed by atoms with E-state index in [4.69, 9.17) is 0 Å². The number of halogens is 4. The summed E-state index contributed by atoms with van der Waals surface area (Å²) in [5, 5.41) is 0. The summed E-state index contributed by atoms with van der Waals surface area (Å²) in [6, 6.07) is 12.7. The molecule has 2 aromatic carbocycles. The zero-order valence-corrected chi connectivity index (χ0v) is 12.0. The van der Waals surface area contributed by atoms with Crippen LogP contribution in [0.25, 0.3) is 0 Å². The van der Waals surface area contributed by atoms with Crippen LogP contribution >= 0.6 is 15.9 Å². The molecule has 0 radical (unpaired) electrons. The monoisotopic (exact) mass is 344 g/mol. The van der Waals surface area contributed by atoms with Crippen molar-refractivity contribution in [2.75, 3.05) is 0 Å². The zero-order chi connectivity index (χ0) is 14.5. The smallest absolute Gasteiger partial charge is 0.387 e. The maximum atomic E-state index is 13.1. The van der Waals surface area contributed by atoms with E-state index >= 15 is 0 Å². The van der Waals surface area contributed by atoms with Crippen LogP contribution in [-0.2, 0) is 6.42 Å². The molecule has 0 aliphatic carbocycles. The molecule has 0 amide bonds. The average Bonchev–Trinajstić information content (AvgIpc) is 2.38. The minimum Gasteiger partial charge on any atom is -0.435 e. The number of para-hydroxylation sites is 1. The van der Waals surface area contributed by atoms with E-state index in [1.807, 2.05) is 0 Å². The molecule has 2 rings (SSSR count). The van der Waals surface area contributed by atoms with Crippen LogP contribution < -0.4 is 4.74 Å². The third-order valence-corrected chi connectivity index (χ3v) is 3.59. The van der Waals surface area contributed by atoms with Gasteiger partial charge in [-0.05, 0) is 30.2 Å². The highest BCUT2D eigenvalue weighted by atomic mass is 79.9. The molecular weight excluding hydrogens is 333 g/mol. The largest absolute Gasteiger partial charge is 0.435 e. The SMILES string of the molecule is Fc1cccc(CC(Br)c2ccccc2OC(F)F)c1. The van der Waals surface area contributed by atoms with E-state index in [9.17, 15) is 13.2 Å². The van der Waals surface area contributed by atoms with Gasteiger partial charge in [-0.1, -0.05) is 46.3 Å². The third kappa shape index (κ3) is 4.00. The molecule has 0 fully saturated rings. The Balaban J connectivity index is 2.18. The van der Waals surface area contributed by atoms with Gasteiger partial charge in [-0.2, -0.15) is 8.78 Å². The molecule has 106 valence electrons. The summed E-state index contributed by atoms with van der Waals surface area (Å²) in [5.74, 6) is -0.194. The van der Waals surface area contributed by atoms with Gasteiger partial charge in [0, 0.05) is 10.4 Å². The van der Waals surface area contributed by atoms with Gasteiger partial charge in [-0.25, -0.2) is 4.39 Å². The Bertz CT molecular complexity index is 575. The minimum absolute atomic E-state index is 0.126. The summed E-state index contributed by atoms with van der Waals surface area (Å²) in [7, 11) is 0. The first kappa shape index (κ1) is 14.9. The van der Waals surface area contributed by atoms with Crippen LogP contribution in [0.4, 0.5) is 13.2 Å². The molecule has 1 atom stereocenters. The number of hydrogen-bond donors (Lipinski definition) is 0. The fourth-order valence-electron chi connectivity index (χ4n) is 1.92. The van der Waals surface area contributed by atoms with Gasteiger partial charge < -0.3 is 4.74 Å². The van der Waals surface area contributed by atoms with Gasteiger partial charge in [-0.15, -0.1) is 0 Å². The predicted octanol–water partition coefficient (Wildman–Crippen LogP) is 5.11. The highest BCUT2D eigenvalue weighted by Gasteiger charge is 2.16. The van der Waals surface area contributed by atoms with E-state index in [1.54, 1.807) is 30.3 Å². The Morgan fingerprint density at radius 2 is 1.80 bits per heavy atom. The Morgan fingerprint density at radius 1 is 1.05 bits per heavy atom. The van der Waals surface area contributed by atoms with Gasteiger partial charge in [0.05, 0.1) is 0 Å². The molecule has 0 saturated heterocycles. The number of hydrogen-bond acceptors (Lipinski definition) is 1. The van der Waals surface area contributed by atoms with E-state index in [0.29, 0.717) is 12.0 Å². The quantitative estimate of drug-likeness (QED) is 0.685. The lowest BCUT2D eigenvalue weighted by atomic mass is 10.0. The van der Waals surface area contributed by atoms with Crippen molar-refractivity contribution in [2.45, 2.75) is 17.9 Å². The molecule has 0 bridgehead atoms. The van der Waals surface area contributed by atoms with Crippen LogP contribution in [0.3, 0.4) is 0 Å². The van der Waals surface area contributed by atoms with E-state index < -0.39 is 6.61 Å². The summed E-state index contributed by atoms with van der Waals surface area (Å²) in [4.78, 5) is -0.237. The van der Waals surface area contributed by atoms with Crippen molar-refractivity contribution >= 4 is 15.9 Å². The topological polar surface area (TPSA) is 9.23 Å². The molecule has 0 spiro atoms. The first-order valence-electron chi connectivity index (χ1n) is 5.98. The normalized spacial score (nSPS) is 12.4. The fraction of sp³-hybridized carbons (Fsp3) is 0.200. The van der Waals surface area contributed by atoms with Gasteiger partial charge in [0.2, 0.25) is 0 Å². The third-order valence-electron chi connectivity index (χ3n) is 2.78. The summed E-state index contributed by atoms with van der Waals surface area (Å²) < 4.78 is 42.3. The van der Waals surface area contributed by atoms with Gasteiger partial charge in [-0.3, -0.25) is 0 Å². The predicted molar refractivity (Wildman–Crippen MR) is 74.8 cm³/mol. The van der Waals surface area contributed by atoms with E-state index in [1.165, 1.54) is 18.2 Å². The van der Waals surface area contributed by atoms with Crippen molar-refractivity contribution in [2.24, 2.45) is 0 Å². The molecule has 0 saturated carbocycles. The second-order valence-electron chi connectivity index (χ2n) is 4.22. The van der Waals surface area contributed by atoms with Gasteiger partial charge in [0.1, 0.15) is 11.6 Å². The van der Waals surface area contributed by atoms with Crippen molar-refractivity contribution in [1.82, 2.24) is 0 Å². The van der Waals surface area contributed by atoms with Crippen molar-refractivity contribution in [3.8, 4) is 5.75 Å². The van der Waals surface area contributed by atoms with Crippen LogP contribution in [0.5, 0.6) is 5.75 Å². The lowest BCUT2D eigenvalue weighted by molar-refractivity contribution is -0.0504. The highest BCUT2D eigenvalue weighted by Crippen LogP contribution is 2.34. The first-order chi connectivity index (χ1) is 9.56. The number of benzene rings is 2. The second kappa shape index (κ2) is 6.79. The number of rotatable bonds is 5. The van der Waals surface area contributed by atoms with Crippen LogP contribution in [0.2, 0.25) is 0 Å². The molecule has 1 nitrogen and oxygen atoms in total. The average molecular weight is 345 g/mol. The Morgan fingerprint density at radius 3 is 2.50 bits per heavy atom. The van der Waals surface area contributed by atoms with E-state index in [0.717, 1.165) is 5.56 Å². The molecule has 5 heteroatoms. The van der Waals surface area contributed by atoms with Crippen LogP contribution in [0.1, 0.15) is 16.0 Å². The molecule has 0 aromatic heterocycles. The highest BCUT2D eigenvalue weighted by molar-refractivity contribution is 9.09. The minimum atomic E-state index is -2.87. The second-order valence-corrected chi connectivity index (χ2v) is 5.32. The Hall–Kier alpha value is -1.49. The van der Waals surface area contributed by atoms with Crippen LogP contribution in [-0.4, -0.2) is 6.61 Å². The Labute approximate surface area is 123 Å². The van der Waals surface area contributed by atoms with Gasteiger partial charge in [0.25, 0.3) is 0 Å². The molecular formula is C15H12BrF3O. The van der Waals surface area contributed by atoms with E-state index in [2.05, 4.69) is 20.7 Å². The maximum Gasteiger partial charge on any atom is 0.387 e. The summed E-state index contributed by atoms with van der Waals surface area (Å²) in [5.41, 5.74) is 1.38. The molecule has 0 heterocycles. The molecule has 0 aliphatic heterocycles. The van der Waals surface area contributed by atoms with Crippen molar-refractivity contribution in [1.29, 1.82) is 0 Å². The zero-order valence-electron chi connectivity index (χ0n) is 10.4. The number of ether oxygens (including phenoxy) is 1. The fourth-order valence-corrected chi connectivity index (χ4v) is 2.68. The van der Waals surface area contributed by atoms with E-state index in [-0.39, 0.29) is 16.4 Å². The summed E-state index contributed by atoms with van der Waals surface area (Å²) in [6.45, 7) is -2.87. The molecule has 20 heavy (non-hydrogen) atoms. The first-order valence-corrected chi connectivity index (χ1v) is 6.90. The van der Waals surface area contributed by atoms with Gasteiger partial charge in [0.15, 0.2) is 0 Å². The standard InChI is InChI=1S/C15H12BrF3O/c16-13(9-10-4-3-5-11(17)8-10)12-6-1-2-7-14(12)20-15(18)19/h1-8,13,15H,9H2. The lowest BCUT2D eigenvalue weighted by Gasteiger charge is -2.15. The van der Waals surface area contributed by atoms with Crippen molar-refractivity contribution in [3.05, 3.63) is 65.5 Å².